The summed E-state index contributed by atoms with van der Waals surface area (Å²) in [6.07, 6.45) is 2.58. The first-order chi connectivity index (χ1) is 10.4. The van der Waals surface area contributed by atoms with Gasteiger partial charge in [-0.05, 0) is 23.8 Å². The molecule has 0 aliphatic rings. The van der Waals surface area contributed by atoms with E-state index in [0.717, 1.165) is 5.56 Å². The van der Waals surface area contributed by atoms with Crippen LogP contribution < -0.4 is 0 Å². The zero-order valence-corrected chi connectivity index (χ0v) is 12.8. The van der Waals surface area contributed by atoms with Crippen LogP contribution in [0.25, 0.3) is 0 Å². The van der Waals surface area contributed by atoms with E-state index in [-0.39, 0.29) is 5.56 Å². The molecule has 1 N–H and O–H groups in total. The Morgan fingerprint density at radius 1 is 1.09 bits per heavy atom. The van der Waals surface area contributed by atoms with E-state index in [1.54, 1.807) is 29.1 Å². The average Bonchev–Trinajstić information content (AvgIpc) is 2.91. The summed E-state index contributed by atoms with van der Waals surface area (Å²) >= 11 is 11.8. The fourth-order valence-electron chi connectivity index (χ4n) is 1.88. The Bertz CT molecular complexity index is 752. The highest BCUT2D eigenvalue weighted by atomic mass is 35.5. The van der Waals surface area contributed by atoms with Crippen molar-refractivity contribution in [3.05, 3.63) is 57.8 Å². The molecule has 0 bridgehead atoms. The van der Waals surface area contributed by atoms with Crippen LogP contribution in [0, 0.1) is 0 Å². The summed E-state index contributed by atoms with van der Waals surface area (Å²) in [4.78, 5) is 33.3. The summed E-state index contributed by atoms with van der Waals surface area (Å²) in [5.41, 5.74) is 1.18. The zero-order chi connectivity index (χ0) is 16.3. The predicted octanol–water partition coefficient (Wildman–Crippen LogP) is 3.07. The first kappa shape index (κ1) is 16.3. The first-order valence-corrected chi connectivity index (χ1v) is 7.01. The number of hydrogen-bond acceptors (Lipinski definition) is 3. The largest absolute Gasteiger partial charge is 0.475 e. The minimum Gasteiger partial charge on any atom is -0.475 e. The lowest BCUT2D eigenvalue weighted by Gasteiger charge is -2.04. The Hall–Kier alpha value is -2.11. The minimum atomic E-state index is -1.61. The van der Waals surface area contributed by atoms with E-state index in [2.05, 4.69) is 0 Å². The van der Waals surface area contributed by atoms with Gasteiger partial charge in [-0.15, -0.1) is 0 Å². The molecule has 0 fully saturated rings. The van der Waals surface area contributed by atoms with Gasteiger partial charge in [0.25, 0.3) is 0 Å². The number of ketones is 2. The van der Waals surface area contributed by atoms with Gasteiger partial charge in [0.05, 0.1) is 16.5 Å². The van der Waals surface area contributed by atoms with Gasteiger partial charge in [0.1, 0.15) is 0 Å². The van der Waals surface area contributed by atoms with Crippen molar-refractivity contribution in [2.24, 2.45) is 0 Å². The predicted molar refractivity (Wildman–Crippen MR) is 81.6 cm³/mol. The van der Waals surface area contributed by atoms with Crippen LogP contribution in [0.2, 0.25) is 10.0 Å². The lowest BCUT2D eigenvalue weighted by molar-refractivity contribution is -0.148. The second-order valence-electron chi connectivity index (χ2n) is 4.65. The summed E-state index contributed by atoms with van der Waals surface area (Å²) in [7, 11) is 0. The summed E-state index contributed by atoms with van der Waals surface area (Å²) in [5, 5.41) is 9.39. The maximum absolute atomic E-state index is 11.8. The van der Waals surface area contributed by atoms with E-state index in [1.165, 1.54) is 6.07 Å². The lowest BCUT2D eigenvalue weighted by atomic mass is 10.1. The third-order valence-electron chi connectivity index (χ3n) is 2.98. The van der Waals surface area contributed by atoms with Crippen LogP contribution in [-0.2, 0) is 16.1 Å². The Morgan fingerprint density at radius 2 is 1.82 bits per heavy atom. The van der Waals surface area contributed by atoms with Gasteiger partial charge in [-0.25, -0.2) is 4.79 Å². The quantitative estimate of drug-likeness (QED) is 0.498. The Kier molecular flexibility index (Phi) is 5.00. The third-order valence-corrected chi connectivity index (χ3v) is 3.72. The third kappa shape index (κ3) is 3.96. The number of carboxylic acid groups (broad SMARTS) is 1. The standard InChI is InChI=1S/C15H11Cl2NO4/c16-11-2-1-9(5-12(11)17)7-18-4-3-10(8-18)13(19)6-14(20)15(21)22/h1-5,8H,6-7H2,(H,21,22). The highest BCUT2D eigenvalue weighted by molar-refractivity contribution is 6.42. The van der Waals surface area contributed by atoms with Crippen LogP contribution >= 0.6 is 23.2 Å². The van der Waals surface area contributed by atoms with Gasteiger partial charge in [0, 0.05) is 24.5 Å². The van der Waals surface area contributed by atoms with Crippen molar-refractivity contribution in [2.45, 2.75) is 13.0 Å². The van der Waals surface area contributed by atoms with E-state index in [0.29, 0.717) is 16.6 Å². The number of carbonyl (C=O) groups excluding carboxylic acids is 2. The molecule has 22 heavy (non-hydrogen) atoms. The molecular weight excluding hydrogens is 329 g/mol. The van der Waals surface area contributed by atoms with E-state index >= 15 is 0 Å². The highest BCUT2D eigenvalue weighted by Crippen LogP contribution is 2.23. The maximum Gasteiger partial charge on any atom is 0.372 e. The molecule has 0 saturated heterocycles. The van der Waals surface area contributed by atoms with Gasteiger partial charge in [-0.3, -0.25) is 9.59 Å². The van der Waals surface area contributed by atoms with Crippen molar-refractivity contribution in [3.8, 4) is 0 Å². The number of rotatable bonds is 6. The van der Waals surface area contributed by atoms with E-state index in [4.69, 9.17) is 28.3 Å². The van der Waals surface area contributed by atoms with E-state index < -0.39 is 24.0 Å². The number of aliphatic carboxylic acids is 1. The van der Waals surface area contributed by atoms with Gasteiger partial charge < -0.3 is 9.67 Å². The van der Waals surface area contributed by atoms with Crippen LogP contribution in [0.1, 0.15) is 22.3 Å². The van der Waals surface area contributed by atoms with E-state index in [9.17, 15) is 14.4 Å². The number of halogens is 2. The molecule has 0 amide bonds. The number of hydrogen-bond donors (Lipinski definition) is 1. The number of aromatic nitrogens is 1. The fraction of sp³-hybridized carbons (Fsp3) is 0.133. The van der Waals surface area contributed by atoms with Gasteiger partial charge in [0.2, 0.25) is 5.78 Å². The van der Waals surface area contributed by atoms with Crippen LogP contribution in [0.5, 0.6) is 0 Å². The van der Waals surface area contributed by atoms with Crippen molar-refractivity contribution >= 4 is 40.7 Å². The van der Waals surface area contributed by atoms with Crippen LogP contribution in [0.4, 0.5) is 0 Å². The molecule has 0 spiro atoms. The molecule has 0 saturated carbocycles. The number of carbonyl (C=O) groups is 3. The molecular formula is C15H11Cl2NO4. The molecule has 2 aromatic rings. The molecule has 0 radical (unpaired) electrons. The first-order valence-electron chi connectivity index (χ1n) is 6.26. The normalized spacial score (nSPS) is 10.5. The number of Topliss-reactive ketones (excluding diaryl/α,β-unsaturated/α-hetero) is 2. The molecule has 1 aromatic carbocycles. The van der Waals surface area contributed by atoms with Crippen LogP contribution in [-0.4, -0.2) is 27.2 Å². The van der Waals surface area contributed by atoms with Gasteiger partial charge in [0.15, 0.2) is 5.78 Å². The lowest BCUT2D eigenvalue weighted by Crippen LogP contribution is -2.16. The number of benzene rings is 1. The fourth-order valence-corrected chi connectivity index (χ4v) is 2.20. The minimum absolute atomic E-state index is 0.287. The topological polar surface area (TPSA) is 76.4 Å². The summed E-state index contributed by atoms with van der Waals surface area (Å²) in [5.74, 6) is -3.26. The van der Waals surface area contributed by atoms with Crippen molar-refractivity contribution in [1.82, 2.24) is 4.57 Å². The smallest absolute Gasteiger partial charge is 0.372 e. The van der Waals surface area contributed by atoms with Gasteiger partial charge in [-0.1, -0.05) is 29.3 Å². The molecule has 7 heteroatoms. The summed E-state index contributed by atoms with van der Waals surface area (Å²) in [6, 6.07) is 6.75. The van der Waals surface area contributed by atoms with Gasteiger partial charge >= 0.3 is 5.97 Å². The Labute approximate surface area is 136 Å². The molecule has 1 heterocycles. The SMILES string of the molecule is O=C(O)C(=O)CC(=O)c1ccn(Cc2ccc(Cl)c(Cl)c2)c1. The number of carboxylic acids is 1. The molecule has 0 aliphatic carbocycles. The average molecular weight is 340 g/mol. The van der Waals surface area contributed by atoms with Crippen molar-refractivity contribution in [3.63, 3.8) is 0 Å². The summed E-state index contributed by atoms with van der Waals surface area (Å²) < 4.78 is 1.73. The Balaban J connectivity index is 2.07. The molecule has 5 nitrogen and oxygen atoms in total. The summed E-state index contributed by atoms with van der Waals surface area (Å²) in [6.45, 7) is 0.469. The molecule has 0 unspecified atom stereocenters. The molecule has 0 aliphatic heterocycles. The zero-order valence-electron chi connectivity index (χ0n) is 11.3. The molecule has 114 valence electrons. The monoisotopic (exact) mass is 339 g/mol. The van der Waals surface area contributed by atoms with Gasteiger partial charge in [-0.2, -0.15) is 0 Å². The Morgan fingerprint density at radius 3 is 2.45 bits per heavy atom. The maximum atomic E-state index is 11.8. The van der Waals surface area contributed by atoms with Crippen LogP contribution in [0.15, 0.2) is 36.7 Å². The number of nitrogens with zero attached hydrogens (tertiary/aromatic N) is 1. The van der Waals surface area contributed by atoms with Crippen LogP contribution in [0.3, 0.4) is 0 Å². The van der Waals surface area contributed by atoms with Crippen molar-refractivity contribution in [1.29, 1.82) is 0 Å². The van der Waals surface area contributed by atoms with E-state index in [1.807, 2.05) is 6.07 Å². The molecule has 2 rings (SSSR count). The second-order valence-corrected chi connectivity index (χ2v) is 5.46. The molecule has 1 aromatic heterocycles. The van der Waals surface area contributed by atoms with Crippen molar-refractivity contribution in [2.75, 3.05) is 0 Å². The molecule has 0 atom stereocenters. The second kappa shape index (κ2) is 6.77. The van der Waals surface area contributed by atoms with Crippen molar-refractivity contribution < 1.29 is 19.5 Å². The highest BCUT2D eigenvalue weighted by Gasteiger charge is 2.18.